The van der Waals surface area contributed by atoms with Gasteiger partial charge in [0.2, 0.25) is 0 Å². The van der Waals surface area contributed by atoms with Crippen molar-refractivity contribution in [3.63, 3.8) is 0 Å². The van der Waals surface area contributed by atoms with Crippen molar-refractivity contribution in [2.24, 2.45) is 5.73 Å². The molecular formula is C18H40NO10P. The number of nitrogens with two attached hydrogens (primary N) is 1. The smallest absolute Gasteiger partial charge is 0.394 e. The summed E-state index contributed by atoms with van der Waals surface area (Å²) in [5, 5.41) is 48.8. The minimum atomic E-state index is -4.26. The molecule has 9 N–H and O–H groups in total. The summed E-state index contributed by atoms with van der Waals surface area (Å²) in [5.74, 6) is -1.91. The highest BCUT2D eigenvalue weighted by Crippen LogP contribution is 2.35. The minimum Gasteiger partial charge on any atom is -0.394 e. The standard InChI is InChI=1S/C16H32O6.C2H8NO4P/c1-2-3-4-5-6-7-8-9-10-16(21)15(20)14(19)13(18)12(11-17)22-16;3-1-2-7-8(4,5)6/h12-15,17-21H,2-11H2,1H3;1-3H2,(H2,4,5,6)/t12-,13-,14+,15+,16+;/m1./s1. The predicted molar refractivity (Wildman–Crippen MR) is 109 cm³/mol. The summed E-state index contributed by atoms with van der Waals surface area (Å²) in [6.45, 7) is 1.67. The van der Waals surface area contributed by atoms with Crippen molar-refractivity contribution in [2.75, 3.05) is 19.8 Å². The number of phosphoric acid groups is 1. The summed E-state index contributed by atoms with van der Waals surface area (Å²) in [6.07, 6.45) is 3.33. The molecule has 5 atom stereocenters. The average molecular weight is 461 g/mol. The molecule has 182 valence electrons. The first kappa shape index (κ1) is 29.8. The molecule has 1 saturated heterocycles. The van der Waals surface area contributed by atoms with Gasteiger partial charge in [0.05, 0.1) is 13.2 Å². The van der Waals surface area contributed by atoms with E-state index in [1.165, 1.54) is 25.7 Å². The number of unbranched alkanes of at least 4 members (excludes halogenated alkanes) is 7. The molecule has 0 aromatic carbocycles. The van der Waals surface area contributed by atoms with Gasteiger partial charge in [0.15, 0.2) is 5.79 Å². The van der Waals surface area contributed by atoms with E-state index in [9.17, 15) is 25.0 Å². The largest absolute Gasteiger partial charge is 0.469 e. The van der Waals surface area contributed by atoms with Crippen LogP contribution in [0.4, 0.5) is 0 Å². The maximum atomic E-state index is 10.3. The molecule has 0 aliphatic carbocycles. The third-order valence-electron chi connectivity index (χ3n) is 4.82. The van der Waals surface area contributed by atoms with Crippen LogP contribution in [-0.4, -0.2) is 85.3 Å². The van der Waals surface area contributed by atoms with E-state index in [-0.39, 0.29) is 19.6 Å². The lowest BCUT2D eigenvalue weighted by Gasteiger charge is -2.45. The second-order valence-electron chi connectivity index (χ2n) is 7.45. The van der Waals surface area contributed by atoms with E-state index in [0.717, 1.165) is 19.3 Å². The molecule has 0 aromatic heterocycles. The Morgan fingerprint density at radius 1 is 1.00 bits per heavy atom. The van der Waals surface area contributed by atoms with Gasteiger partial charge in [-0.3, -0.25) is 4.52 Å². The van der Waals surface area contributed by atoms with E-state index in [4.69, 9.17) is 25.4 Å². The zero-order valence-corrected chi connectivity index (χ0v) is 18.6. The summed E-state index contributed by atoms with van der Waals surface area (Å²) in [5.41, 5.74) is 4.87. The van der Waals surface area contributed by atoms with Gasteiger partial charge in [-0.2, -0.15) is 0 Å². The molecular weight excluding hydrogens is 421 g/mol. The zero-order chi connectivity index (χ0) is 23.2. The second-order valence-corrected chi connectivity index (χ2v) is 8.69. The Hall–Kier alpha value is -0.170. The van der Waals surface area contributed by atoms with Crippen LogP contribution in [0.15, 0.2) is 0 Å². The number of hydrogen-bond donors (Lipinski definition) is 8. The number of aliphatic hydroxyl groups excluding tert-OH is 4. The van der Waals surface area contributed by atoms with Crippen LogP contribution in [0.1, 0.15) is 64.7 Å². The number of hydrogen-bond acceptors (Lipinski definition) is 9. The number of rotatable bonds is 13. The fraction of sp³-hybridized carbons (Fsp3) is 1.00. The topological polar surface area (TPSA) is 203 Å². The number of ether oxygens (including phenoxy) is 1. The van der Waals surface area contributed by atoms with Gasteiger partial charge >= 0.3 is 7.82 Å². The van der Waals surface area contributed by atoms with Crippen molar-refractivity contribution in [2.45, 2.75) is 94.9 Å². The molecule has 1 heterocycles. The summed E-state index contributed by atoms with van der Waals surface area (Å²) in [4.78, 5) is 16.0. The van der Waals surface area contributed by atoms with E-state index in [2.05, 4.69) is 11.4 Å². The molecule has 11 nitrogen and oxygen atoms in total. The maximum Gasteiger partial charge on any atom is 0.469 e. The van der Waals surface area contributed by atoms with Crippen molar-refractivity contribution in [3.8, 4) is 0 Å². The Morgan fingerprint density at radius 3 is 1.97 bits per heavy atom. The van der Waals surface area contributed by atoms with Crippen LogP contribution in [0.3, 0.4) is 0 Å². The van der Waals surface area contributed by atoms with E-state index >= 15 is 0 Å². The molecule has 0 aromatic rings. The van der Waals surface area contributed by atoms with Crippen LogP contribution in [0.5, 0.6) is 0 Å². The number of phosphoric ester groups is 1. The molecule has 1 aliphatic rings. The van der Waals surface area contributed by atoms with Crippen molar-refractivity contribution in [1.82, 2.24) is 0 Å². The highest BCUT2D eigenvalue weighted by atomic mass is 31.2. The molecule has 0 spiro atoms. The summed E-state index contributed by atoms with van der Waals surface area (Å²) >= 11 is 0. The Morgan fingerprint density at radius 2 is 1.53 bits per heavy atom. The lowest BCUT2D eigenvalue weighted by atomic mass is 9.89. The number of aliphatic hydroxyl groups is 5. The van der Waals surface area contributed by atoms with Gasteiger partial charge in [-0.15, -0.1) is 0 Å². The Balaban J connectivity index is 0.000000890. The first-order valence-corrected chi connectivity index (χ1v) is 12.0. The fourth-order valence-electron chi connectivity index (χ4n) is 3.11. The van der Waals surface area contributed by atoms with Gasteiger partial charge in [-0.1, -0.05) is 51.9 Å². The quantitative estimate of drug-likeness (QED) is 0.132. The lowest BCUT2D eigenvalue weighted by molar-refractivity contribution is -0.351. The van der Waals surface area contributed by atoms with E-state index in [0.29, 0.717) is 6.42 Å². The van der Waals surface area contributed by atoms with Gasteiger partial charge in [0.1, 0.15) is 24.4 Å². The van der Waals surface area contributed by atoms with Crippen molar-refractivity contribution in [1.29, 1.82) is 0 Å². The molecule has 0 amide bonds. The van der Waals surface area contributed by atoms with Crippen LogP contribution in [-0.2, 0) is 13.8 Å². The van der Waals surface area contributed by atoms with Crippen molar-refractivity contribution >= 4 is 7.82 Å². The summed E-state index contributed by atoms with van der Waals surface area (Å²) < 4.78 is 19.0. The lowest BCUT2D eigenvalue weighted by Crippen LogP contribution is -2.65. The zero-order valence-electron chi connectivity index (χ0n) is 17.7. The molecule has 1 fully saturated rings. The van der Waals surface area contributed by atoms with Gasteiger partial charge < -0.3 is 45.8 Å². The first-order valence-electron chi connectivity index (χ1n) is 10.5. The fourth-order valence-corrected chi connectivity index (χ4v) is 3.45. The predicted octanol–water partition coefficient (Wildman–Crippen LogP) is -0.266. The highest BCUT2D eigenvalue weighted by Gasteiger charge is 2.51. The van der Waals surface area contributed by atoms with Gasteiger partial charge in [0.25, 0.3) is 0 Å². The third kappa shape index (κ3) is 12.0. The van der Waals surface area contributed by atoms with Crippen LogP contribution in [0, 0.1) is 0 Å². The molecule has 0 radical (unpaired) electrons. The highest BCUT2D eigenvalue weighted by molar-refractivity contribution is 7.46. The van der Waals surface area contributed by atoms with Crippen molar-refractivity contribution < 1.29 is 49.1 Å². The summed E-state index contributed by atoms with van der Waals surface area (Å²) in [6, 6.07) is 0. The Bertz CT molecular complexity index is 478. The molecule has 1 aliphatic heterocycles. The monoisotopic (exact) mass is 461 g/mol. The van der Waals surface area contributed by atoms with E-state index in [1.54, 1.807) is 0 Å². The normalized spacial score (nSPS) is 29.4. The summed E-state index contributed by atoms with van der Waals surface area (Å²) in [7, 11) is -4.26. The maximum absolute atomic E-state index is 10.3. The first-order chi connectivity index (χ1) is 14.0. The minimum absolute atomic E-state index is 0.107. The molecule has 0 unspecified atom stereocenters. The van der Waals surface area contributed by atoms with Gasteiger partial charge in [-0.25, -0.2) is 4.57 Å². The molecule has 12 heteroatoms. The third-order valence-corrected chi connectivity index (χ3v) is 5.34. The van der Waals surface area contributed by atoms with Crippen molar-refractivity contribution in [3.05, 3.63) is 0 Å². The van der Waals surface area contributed by atoms with Crippen LogP contribution >= 0.6 is 7.82 Å². The van der Waals surface area contributed by atoms with Crippen LogP contribution < -0.4 is 5.73 Å². The average Bonchev–Trinajstić information content (AvgIpc) is 2.70. The van der Waals surface area contributed by atoms with E-state index in [1.807, 2.05) is 0 Å². The molecule has 30 heavy (non-hydrogen) atoms. The van der Waals surface area contributed by atoms with Crippen LogP contribution in [0.2, 0.25) is 0 Å². The molecule has 0 bridgehead atoms. The van der Waals surface area contributed by atoms with Gasteiger partial charge in [0, 0.05) is 13.0 Å². The SMILES string of the molecule is CCCCCCCCCC[C@]1(O)O[C@H](CO)[C@@H](O)[C@H](O)[C@@H]1O.NCCOP(=O)(O)O. The Kier molecular flexibility index (Phi) is 15.5. The Labute approximate surface area is 178 Å². The van der Waals surface area contributed by atoms with Gasteiger partial charge in [-0.05, 0) is 6.42 Å². The van der Waals surface area contributed by atoms with E-state index < -0.39 is 44.6 Å². The molecule has 0 saturated carbocycles. The molecule has 1 rings (SSSR count). The second kappa shape index (κ2) is 15.6. The van der Waals surface area contributed by atoms with Crippen LogP contribution in [0.25, 0.3) is 0 Å².